The molecule has 0 aliphatic heterocycles. The lowest BCUT2D eigenvalue weighted by Crippen LogP contribution is -2.39. The molecule has 2 atom stereocenters. The van der Waals surface area contributed by atoms with Crippen molar-refractivity contribution in [2.24, 2.45) is 0 Å². The van der Waals surface area contributed by atoms with Gasteiger partial charge in [-0.25, -0.2) is 9.67 Å². The highest BCUT2D eigenvalue weighted by molar-refractivity contribution is 9.10. The molecule has 0 spiro atoms. The van der Waals surface area contributed by atoms with Crippen LogP contribution in [-0.2, 0) is 4.79 Å². The van der Waals surface area contributed by atoms with Crippen LogP contribution in [0.2, 0.25) is 0 Å². The Morgan fingerprint density at radius 3 is 2.37 bits per heavy atom. The Hall–Kier alpha value is -2.67. The second-order valence-electron chi connectivity index (χ2n) is 6.27. The van der Waals surface area contributed by atoms with Crippen LogP contribution in [-0.4, -0.2) is 38.7 Å². The third-order valence-corrected chi connectivity index (χ3v) is 4.99. The fourth-order valence-electron chi connectivity index (χ4n) is 2.72. The average Bonchev–Trinajstić information content (AvgIpc) is 3.23. The van der Waals surface area contributed by atoms with Gasteiger partial charge in [0.25, 0.3) is 5.91 Å². The molecule has 0 aliphatic rings. The molecule has 0 saturated heterocycles. The first-order valence-corrected chi connectivity index (χ1v) is 9.39. The first-order valence-electron chi connectivity index (χ1n) is 8.59. The van der Waals surface area contributed by atoms with Crippen LogP contribution in [0.15, 0.2) is 65.7 Å². The summed E-state index contributed by atoms with van der Waals surface area (Å²) in [6.45, 7) is 3.76. The maximum atomic E-state index is 12.8. The van der Waals surface area contributed by atoms with Gasteiger partial charge in [0.2, 0.25) is 0 Å². The number of benzene rings is 2. The van der Waals surface area contributed by atoms with E-state index in [0.717, 1.165) is 15.7 Å². The van der Waals surface area contributed by atoms with E-state index in [1.807, 2.05) is 55.5 Å². The maximum absolute atomic E-state index is 12.8. The molecule has 3 aromatic rings. The van der Waals surface area contributed by atoms with Gasteiger partial charge in [-0.05, 0) is 55.8 Å². The molecule has 7 heteroatoms. The van der Waals surface area contributed by atoms with E-state index in [4.69, 9.17) is 4.74 Å². The molecular weight excluding hydrogens is 408 g/mol. The summed E-state index contributed by atoms with van der Waals surface area (Å²) in [6, 6.07) is 15.3. The van der Waals surface area contributed by atoms with E-state index in [2.05, 4.69) is 26.0 Å². The SMILES string of the molecule is C[C@H](Oc1ccc(Br)cc1)C(=O)N(C)[C@H](C)c1ccc(-n2cncn2)cc1. The van der Waals surface area contributed by atoms with Gasteiger partial charge in [-0.3, -0.25) is 4.79 Å². The smallest absolute Gasteiger partial charge is 0.263 e. The second kappa shape index (κ2) is 8.35. The van der Waals surface area contributed by atoms with Gasteiger partial charge in [-0.2, -0.15) is 5.10 Å². The lowest BCUT2D eigenvalue weighted by molar-refractivity contribution is -0.138. The van der Waals surface area contributed by atoms with E-state index in [1.54, 1.807) is 29.9 Å². The number of ether oxygens (including phenoxy) is 1. The molecular formula is C20H21BrN4O2. The molecule has 0 fully saturated rings. The van der Waals surface area contributed by atoms with E-state index in [0.29, 0.717) is 5.75 Å². The zero-order valence-corrected chi connectivity index (χ0v) is 17.0. The van der Waals surface area contributed by atoms with Gasteiger partial charge >= 0.3 is 0 Å². The Labute approximate surface area is 166 Å². The number of carbonyl (C=O) groups excluding carboxylic acids is 1. The van der Waals surface area contributed by atoms with Crippen molar-refractivity contribution < 1.29 is 9.53 Å². The zero-order valence-electron chi connectivity index (χ0n) is 15.4. The first-order chi connectivity index (χ1) is 13.0. The van der Waals surface area contributed by atoms with Crippen LogP contribution in [0, 0.1) is 0 Å². The van der Waals surface area contributed by atoms with Crippen LogP contribution < -0.4 is 4.74 Å². The minimum atomic E-state index is -0.576. The number of hydrogen-bond donors (Lipinski definition) is 0. The highest BCUT2D eigenvalue weighted by atomic mass is 79.9. The summed E-state index contributed by atoms with van der Waals surface area (Å²) in [5.41, 5.74) is 1.95. The fourth-order valence-corrected chi connectivity index (χ4v) is 2.98. The number of nitrogens with zero attached hydrogens (tertiary/aromatic N) is 4. The van der Waals surface area contributed by atoms with Crippen LogP contribution in [0.4, 0.5) is 0 Å². The van der Waals surface area contributed by atoms with Crippen LogP contribution in [0.25, 0.3) is 5.69 Å². The largest absolute Gasteiger partial charge is 0.481 e. The number of hydrogen-bond acceptors (Lipinski definition) is 4. The molecule has 1 heterocycles. The van der Waals surface area contributed by atoms with Crippen LogP contribution in [0.1, 0.15) is 25.5 Å². The predicted octanol–water partition coefficient (Wildman–Crippen LogP) is 4.02. The summed E-state index contributed by atoms with van der Waals surface area (Å²) in [5, 5.41) is 4.11. The summed E-state index contributed by atoms with van der Waals surface area (Å²) >= 11 is 3.39. The van der Waals surface area contributed by atoms with E-state index < -0.39 is 6.10 Å². The number of rotatable bonds is 6. The summed E-state index contributed by atoms with van der Waals surface area (Å²) in [7, 11) is 1.79. The van der Waals surface area contributed by atoms with E-state index >= 15 is 0 Å². The van der Waals surface area contributed by atoms with Gasteiger partial charge < -0.3 is 9.64 Å². The average molecular weight is 429 g/mol. The Bertz CT molecular complexity index is 879. The van der Waals surface area contributed by atoms with Crippen molar-refractivity contribution >= 4 is 21.8 Å². The summed E-state index contributed by atoms with van der Waals surface area (Å²) < 4.78 is 8.43. The number of carbonyl (C=O) groups is 1. The predicted molar refractivity (Wildman–Crippen MR) is 107 cm³/mol. The maximum Gasteiger partial charge on any atom is 0.263 e. The quantitative estimate of drug-likeness (QED) is 0.594. The van der Waals surface area contributed by atoms with Crippen molar-refractivity contribution in [1.82, 2.24) is 19.7 Å². The lowest BCUT2D eigenvalue weighted by Gasteiger charge is -2.28. The molecule has 140 valence electrons. The Morgan fingerprint density at radius 2 is 1.78 bits per heavy atom. The van der Waals surface area contributed by atoms with Crippen molar-refractivity contribution in [2.75, 3.05) is 7.05 Å². The van der Waals surface area contributed by atoms with Gasteiger partial charge in [0, 0.05) is 11.5 Å². The normalized spacial score (nSPS) is 13.0. The molecule has 1 aromatic heterocycles. The second-order valence-corrected chi connectivity index (χ2v) is 7.19. The molecule has 0 radical (unpaired) electrons. The molecule has 0 saturated carbocycles. The number of halogens is 1. The van der Waals surface area contributed by atoms with Gasteiger partial charge in [0.15, 0.2) is 6.10 Å². The Kier molecular flexibility index (Phi) is 5.91. The van der Waals surface area contributed by atoms with Crippen molar-refractivity contribution in [2.45, 2.75) is 26.0 Å². The van der Waals surface area contributed by atoms with Crippen LogP contribution in [0.3, 0.4) is 0 Å². The monoisotopic (exact) mass is 428 g/mol. The van der Waals surface area contributed by atoms with Crippen molar-refractivity contribution in [3.8, 4) is 11.4 Å². The zero-order chi connectivity index (χ0) is 19.4. The molecule has 0 unspecified atom stereocenters. The first kappa shape index (κ1) is 19.1. The van der Waals surface area contributed by atoms with Gasteiger partial charge in [-0.15, -0.1) is 0 Å². The molecule has 1 amide bonds. The lowest BCUT2D eigenvalue weighted by atomic mass is 10.1. The van der Waals surface area contributed by atoms with Gasteiger partial charge in [0.05, 0.1) is 11.7 Å². The van der Waals surface area contributed by atoms with Crippen molar-refractivity contribution in [3.63, 3.8) is 0 Å². The number of likely N-dealkylation sites (N-methyl/N-ethyl adjacent to an activating group) is 1. The number of aromatic nitrogens is 3. The summed E-state index contributed by atoms with van der Waals surface area (Å²) in [6.07, 6.45) is 2.57. The van der Waals surface area contributed by atoms with E-state index in [9.17, 15) is 4.79 Å². The minimum absolute atomic E-state index is 0.0780. The van der Waals surface area contributed by atoms with Crippen LogP contribution in [0.5, 0.6) is 5.75 Å². The molecule has 2 aromatic carbocycles. The molecule has 3 rings (SSSR count). The summed E-state index contributed by atoms with van der Waals surface area (Å²) in [5.74, 6) is 0.586. The van der Waals surface area contributed by atoms with E-state index in [-0.39, 0.29) is 11.9 Å². The number of amides is 1. The topological polar surface area (TPSA) is 60.2 Å². The van der Waals surface area contributed by atoms with Crippen molar-refractivity contribution in [3.05, 3.63) is 71.2 Å². The fraction of sp³-hybridized carbons (Fsp3) is 0.250. The van der Waals surface area contributed by atoms with Crippen LogP contribution >= 0.6 is 15.9 Å². The molecule has 0 N–H and O–H groups in total. The van der Waals surface area contributed by atoms with Gasteiger partial charge in [0.1, 0.15) is 18.4 Å². The molecule has 0 bridgehead atoms. The Morgan fingerprint density at radius 1 is 1.11 bits per heavy atom. The summed E-state index contributed by atoms with van der Waals surface area (Å²) in [4.78, 5) is 18.4. The minimum Gasteiger partial charge on any atom is -0.481 e. The highest BCUT2D eigenvalue weighted by Gasteiger charge is 2.24. The van der Waals surface area contributed by atoms with Gasteiger partial charge in [-0.1, -0.05) is 28.1 Å². The van der Waals surface area contributed by atoms with Crippen molar-refractivity contribution in [1.29, 1.82) is 0 Å². The highest BCUT2D eigenvalue weighted by Crippen LogP contribution is 2.22. The van der Waals surface area contributed by atoms with E-state index in [1.165, 1.54) is 6.33 Å². The molecule has 6 nitrogen and oxygen atoms in total. The molecule has 27 heavy (non-hydrogen) atoms. The third kappa shape index (κ3) is 4.54. The molecule has 0 aliphatic carbocycles. The third-order valence-electron chi connectivity index (χ3n) is 4.46. The Balaban J connectivity index is 1.65. The standard InChI is InChI=1S/C20H21BrN4O2/c1-14(16-4-8-18(9-5-16)25-13-22-12-23-25)24(3)20(26)15(2)27-19-10-6-17(21)7-11-19/h4-15H,1-3H3/t14-,15+/m1/s1.